The second kappa shape index (κ2) is 8.91. The maximum absolute atomic E-state index is 13.1. The van der Waals surface area contributed by atoms with Crippen LogP contribution in [0.5, 0.6) is 0 Å². The van der Waals surface area contributed by atoms with Crippen LogP contribution in [-0.4, -0.2) is 33.9 Å². The van der Waals surface area contributed by atoms with Gasteiger partial charge in [0.25, 0.3) is 0 Å². The molecule has 1 aromatic carbocycles. The lowest BCUT2D eigenvalue weighted by Gasteiger charge is -2.31. The third-order valence-corrected chi connectivity index (χ3v) is 5.56. The van der Waals surface area contributed by atoms with E-state index < -0.39 is 5.92 Å². The van der Waals surface area contributed by atoms with Crippen molar-refractivity contribution in [3.63, 3.8) is 0 Å². The van der Waals surface area contributed by atoms with Gasteiger partial charge in [-0.3, -0.25) is 0 Å². The van der Waals surface area contributed by atoms with Gasteiger partial charge in [0, 0.05) is 43.5 Å². The second-order valence-electron chi connectivity index (χ2n) is 7.99. The first-order valence-electron chi connectivity index (χ1n) is 10.4. The summed E-state index contributed by atoms with van der Waals surface area (Å²) in [6.45, 7) is 2.73. The van der Waals surface area contributed by atoms with E-state index in [1.165, 1.54) is 0 Å². The fourth-order valence-electron chi connectivity index (χ4n) is 3.66. The molecule has 0 unspecified atom stereocenters. The van der Waals surface area contributed by atoms with Crippen molar-refractivity contribution in [3.8, 4) is 11.4 Å². The van der Waals surface area contributed by atoms with E-state index in [0.717, 1.165) is 40.8 Å². The van der Waals surface area contributed by atoms with Crippen LogP contribution in [0.4, 0.5) is 14.6 Å². The van der Waals surface area contributed by atoms with Gasteiger partial charge in [0.2, 0.25) is 17.6 Å². The van der Waals surface area contributed by atoms with Gasteiger partial charge >= 0.3 is 0 Å². The number of hydrogen-bond donors (Lipinski definition) is 1. The van der Waals surface area contributed by atoms with Gasteiger partial charge in [0.05, 0.1) is 0 Å². The number of pyridine rings is 1. The van der Waals surface area contributed by atoms with Gasteiger partial charge in [0.1, 0.15) is 12.1 Å². The van der Waals surface area contributed by atoms with Crippen LogP contribution in [0, 0.1) is 6.92 Å². The van der Waals surface area contributed by atoms with E-state index in [0.29, 0.717) is 25.2 Å². The number of nitrogens with one attached hydrogen (secondary N) is 1. The van der Waals surface area contributed by atoms with E-state index in [-0.39, 0.29) is 24.7 Å². The molecule has 3 aromatic rings. The van der Waals surface area contributed by atoms with Gasteiger partial charge in [-0.15, -0.1) is 0 Å². The molecule has 0 aliphatic heterocycles. The molecule has 0 saturated heterocycles. The highest BCUT2D eigenvalue weighted by atomic mass is 19.3. The largest absolute Gasteiger partial charge is 0.370 e. The van der Waals surface area contributed by atoms with Crippen molar-refractivity contribution in [2.24, 2.45) is 0 Å². The number of aldehydes is 1. The Morgan fingerprint density at radius 1 is 1.23 bits per heavy atom. The quantitative estimate of drug-likeness (QED) is 0.498. The number of aromatic nitrogens is 3. The predicted octanol–water partition coefficient (Wildman–Crippen LogP) is 4.74. The Morgan fingerprint density at radius 2 is 2.06 bits per heavy atom. The Hall–Kier alpha value is -3.16. The van der Waals surface area contributed by atoms with Gasteiger partial charge in [0.15, 0.2) is 0 Å². The minimum absolute atomic E-state index is 0.231. The molecular formula is C23H24F2N4O2. The van der Waals surface area contributed by atoms with E-state index in [9.17, 15) is 13.6 Å². The molecule has 0 spiro atoms. The Bertz CT molecular complexity index is 1040. The van der Waals surface area contributed by atoms with E-state index in [1.54, 1.807) is 6.20 Å². The summed E-state index contributed by atoms with van der Waals surface area (Å²) < 4.78 is 31.4. The fourth-order valence-corrected chi connectivity index (χ4v) is 3.66. The van der Waals surface area contributed by atoms with Crippen LogP contribution < -0.4 is 5.32 Å². The number of benzene rings is 1. The highest BCUT2D eigenvalue weighted by molar-refractivity contribution is 5.57. The van der Waals surface area contributed by atoms with Crippen LogP contribution in [0.2, 0.25) is 0 Å². The molecule has 2 heterocycles. The molecule has 4 rings (SSSR count). The average Bonchev–Trinajstić information content (AvgIpc) is 3.22. The van der Waals surface area contributed by atoms with Gasteiger partial charge in [-0.2, -0.15) is 4.98 Å². The molecular weight excluding hydrogens is 402 g/mol. The van der Waals surface area contributed by atoms with Gasteiger partial charge in [-0.1, -0.05) is 23.4 Å². The van der Waals surface area contributed by atoms with Crippen LogP contribution >= 0.6 is 0 Å². The number of halogens is 2. The molecule has 1 aliphatic carbocycles. The summed E-state index contributed by atoms with van der Waals surface area (Å²) in [5.41, 5.74) is 4.12. The summed E-state index contributed by atoms with van der Waals surface area (Å²) in [7, 11) is 0. The third-order valence-electron chi connectivity index (χ3n) is 5.56. The average molecular weight is 426 g/mol. The zero-order valence-electron chi connectivity index (χ0n) is 17.3. The molecule has 2 aromatic heterocycles. The van der Waals surface area contributed by atoms with Crippen molar-refractivity contribution >= 4 is 12.1 Å². The number of nitrogens with zero attached hydrogens (tertiary/aromatic N) is 3. The number of alkyl halides is 2. The standard InChI is InChI=1S/C23H24F2N4O2/c1-15-4-6-18(21-28-22(31-29-21)19-12-23(24,25)13-19)11-17(15)8-9-26-20-7-5-16(14-27-20)3-2-10-30/h4-7,10-11,14,19H,2-3,8-9,12-13H2,1H3,(H,26,27). The maximum Gasteiger partial charge on any atom is 0.249 e. The Labute approximate surface area is 179 Å². The molecule has 6 nitrogen and oxygen atoms in total. The summed E-state index contributed by atoms with van der Waals surface area (Å²) in [5.74, 6) is -1.49. The molecule has 8 heteroatoms. The summed E-state index contributed by atoms with van der Waals surface area (Å²) >= 11 is 0. The molecule has 0 amide bonds. The highest BCUT2D eigenvalue weighted by Gasteiger charge is 2.48. The smallest absolute Gasteiger partial charge is 0.249 e. The zero-order valence-corrected chi connectivity index (χ0v) is 17.3. The Morgan fingerprint density at radius 3 is 2.77 bits per heavy atom. The monoisotopic (exact) mass is 426 g/mol. The first kappa shape index (κ1) is 21.1. The summed E-state index contributed by atoms with van der Waals surface area (Å²) in [6.07, 6.45) is 4.20. The van der Waals surface area contributed by atoms with Crippen LogP contribution in [-0.2, 0) is 17.6 Å². The highest BCUT2D eigenvalue weighted by Crippen LogP contribution is 2.47. The normalized spacial score (nSPS) is 15.5. The number of aryl methyl sites for hydroxylation is 2. The molecule has 31 heavy (non-hydrogen) atoms. The topological polar surface area (TPSA) is 80.9 Å². The van der Waals surface area contributed by atoms with Crippen molar-refractivity contribution in [3.05, 3.63) is 59.1 Å². The van der Waals surface area contributed by atoms with Crippen LogP contribution in [0.25, 0.3) is 11.4 Å². The van der Waals surface area contributed by atoms with Crippen LogP contribution in [0.1, 0.15) is 47.8 Å². The van der Waals surface area contributed by atoms with Crippen molar-refractivity contribution in [1.29, 1.82) is 0 Å². The number of rotatable bonds is 9. The summed E-state index contributed by atoms with van der Waals surface area (Å²) in [5, 5.41) is 7.29. The van der Waals surface area contributed by atoms with Gasteiger partial charge < -0.3 is 14.6 Å². The number of hydrogen-bond acceptors (Lipinski definition) is 6. The predicted molar refractivity (Wildman–Crippen MR) is 112 cm³/mol. The van der Waals surface area contributed by atoms with Crippen molar-refractivity contribution < 1.29 is 18.1 Å². The lowest BCUT2D eigenvalue weighted by atomic mass is 9.81. The first-order valence-corrected chi connectivity index (χ1v) is 10.4. The van der Waals surface area contributed by atoms with Crippen molar-refractivity contribution in [2.45, 2.75) is 50.9 Å². The molecule has 1 fully saturated rings. The number of carbonyl (C=O) groups excluding carboxylic acids is 1. The number of anilines is 1. The molecule has 0 radical (unpaired) electrons. The molecule has 1 N–H and O–H groups in total. The van der Waals surface area contributed by atoms with E-state index in [1.807, 2.05) is 37.3 Å². The summed E-state index contributed by atoms with van der Waals surface area (Å²) in [6, 6.07) is 9.80. The van der Waals surface area contributed by atoms with Crippen molar-refractivity contribution in [2.75, 3.05) is 11.9 Å². The Balaban J connectivity index is 1.36. The fraction of sp³-hybridized carbons (Fsp3) is 0.391. The lowest BCUT2D eigenvalue weighted by molar-refractivity contribution is -0.107. The molecule has 0 atom stereocenters. The number of carbonyl (C=O) groups is 1. The Kier molecular flexibility index (Phi) is 6.06. The van der Waals surface area contributed by atoms with Crippen LogP contribution in [0.15, 0.2) is 41.1 Å². The van der Waals surface area contributed by atoms with Gasteiger partial charge in [-0.25, -0.2) is 13.8 Å². The lowest BCUT2D eigenvalue weighted by Crippen LogP contribution is -2.33. The van der Waals surface area contributed by atoms with E-state index in [2.05, 4.69) is 20.4 Å². The maximum atomic E-state index is 13.1. The van der Waals surface area contributed by atoms with E-state index >= 15 is 0 Å². The molecule has 1 saturated carbocycles. The first-order chi connectivity index (χ1) is 14.9. The molecule has 1 aliphatic rings. The second-order valence-corrected chi connectivity index (χ2v) is 7.99. The van der Waals surface area contributed by atoms with E-state index in [4.69, 9.17) is 4.52 Å². The van der Waals surface area contributed by atoms with Crippen molar-refractivity contribution in [1.82, 2.24) is 15.1 Å². The zero-order chi connectivity index (χ0) is 21.8. The molecule has 162 valence electrons. The summed E-state index contributed by atoms with van der Waals surface area (Å²) in [4.78, 5) is 19.2. The minimum atomic E-state index is -2.62. The minimum Gasteiger partial charge on any atom is -0.370 e. The third kappa shape index (κ3) is 5.13. The SMILES string of the molecule is Cc1ccc(-c2noc(C3CC(F)(F)C3)n2)cc1CCNc1ccc(CCC=O)cn1. The van der Waals surface area contributed by atoms with Crippen LogP contribution in [0.3, 0.4) is 0 Å². The molecule has 0 bridgehead atoms. The van der Waals surface area contributed by atoms with Gasteiger partial charge in [-0.05, 0) is 48.6 Å².